The van der Waals surface area contributed by atoms with E-state index >= 15 is 0 Å². The van der Waals surface area contributed by atoms with Crippen LogP contribution in [-0.4, -0.2) is 18.9 Å². The highest BCUT2D eigenvalue weighted by Crippen LogP contribution is 2.50. The minimum Gasteiger partial charge on any atom is -0.454 e. The van der Waals surface area contributed by atoms with E-state index in [9.17, 15) is 18.0 Å². The van der Waals surface area contributed by atoms with E-state index in [1.807, 2.05) is 0 Å². The Hall–Kier alpha value is -2.90. The number of ether oxygens (including phenoxy) is 4. The summed E-state index contributed by atoms with van der Waals surface area (Å²) in [7, 11) is 0. The van der Waals surface area contributed by atoms with Gasteiger partial charge in [-0.25, -0.2) is 4.79 Å². The smallest absolute Gasteiger partial charge is 0.454 e. The molecule has 2 aliphatic rings. The summed E-state index contributed by atoms with van der Waals surface area (Å²) in [6.07, 6.45) is -4.99. The summed E-state index contributed by atoms with van der Waals surface area (Å²) in [5.41, 5.74) is -0.496. The Morgan fingerprint density at radius 2 is 1.58 bits per heavy atom. The third-order valence-corrected chi connectivity index (χ3v) is 3.71. The average molecular weight is 338 g/mol. The summed E-state index contributed by atoms with van der Waals surface area (Å²) in [6, 6.07) is 9.14. The maximum Gasteiger partial charge on any atom is 0.473 e. The minimum absolute atomic E-state index is 0.0869. The van der Waals surface area contributed by atoms with Gasteiger partial charge in [-0.15, -0.1) is 0 Å². The van der Waals surface area contributed by atoms with Crippen LogP contribution < -0.4 is 14.2 Å². The predicted octanol–water partition coefficient (Wildman–Crippen LogP) is 3.38. The molecule has 4 rings (SSSR count). The molecule has 0 spiro atoms. The second-order valence-corrected chi connectivity index (χ2v) is 5.17. The fraction of sp³-hybridized carbons (Fsp3) is 0.188. The SMILES string of the molecule is O=C1O[C@@](c2ccccc2)(C(F)(F)F)Oc2cc3c(cc21)OCO3. The highest BCUT2D eigenvalue weighted by atomic mass is 19.4. The topological polar surface area (TPSA) is 54.0 Å². The third kappa shape index (κ3) is 1.99. The molecule has 0 unspecified atom stereocenters. The predicted molar refractivity (Wildman–Crippen MR) is 72.8 cm³/mol. The Balaban J connectivity index is 1.88. The number of halogens is 3. The number of esters is 1. The van der Waals surface area contributed by atoms with E-state index in [1.165, 1.54) is 36.4 Å². The van der Waals surface area contributed by atoms with Gasteiger partial charge in [0, 0.05) is 17.7 Å². The summed E-state index contributed by atoms with van der Waals surface area (Å²) in [5.74, 6) is -4.21. The first-order valence-electron chi connectivity index (χ1n) is 6.89. The number of benzene rings is 2. The van der Waals surface area contributed by atoms with Crippen molar-refractivity contribution in [2.45, 2.75) is 12.0 Å². The maximum atomic E-state index is 13.8. The number of rotatable bonds is 1. The highest BCUT2D eigenvalue weighted by molar-refractivity contribution is 5.95. The molecule has 0 saturated carbocycles. The fourth-order valence-electron chi connectivity index (χ4n) is 2.58. The van der Waals surface area contributed by atoms with Gasteiger partial charge in [-0.05, 0) is 0 Å². The molecule has 0 saturated heterocycles. The Kier molecular flexibility index (Phi) is 2.93. The molecule has 2 aromatic rings. The third-order valence-electron chi connectivity index (χ3n) is 3.71. The van der Waals surface area contributed by atoms with Crippen LogP contribution in [0.15, 0.2) is 42.5 Å². The largest absolute Gasteiger partial charge is 0.473 e. The zero-order valence-corrected chi connectivity index (χ0v) is 11.9. The van der Waals surface area contributed by atoms with Crippen LogP contribution in [0.3, 0.4) is 0 Å². The van der Waals surface area contributed by atoms with Gasteiger partial charge in [-0.2, -0.15) is 13.2 Å². The number of carbonyl (C=O) groups excluding carboxylic acids is 1. The van der Waals surface area contributed by atoms with Crippen LogP contribution in [0, 0.1) is 0 Å². The number of hydrogen-bond donors (Lipinski definition) is 0. The number of alkyl halides is 3. The van der Waals surface area contributed by atoms with Gasteiger partial charge in [-0.3, -0.25) is 0 Å². The number of cyclic esters (lactones) is 1. The Bertz CT molecular complexity index is 818. The van der Waals surface area contributed by atoms with Crippen molar-refractivity contribution < 1.29 is 36.9 Å². The summed E-state index contributed by atoms with van der Waals surface area (Å²) in [4.78, 5) is 12.2. The van der Waals surface area contributed by atoms with Crippen LogP contribution in [0.1, 0.15) is 15.9 Å². The van der Waals surface area contributed by atoms with Crippen LogP contribution in [0.25, 0.3) is 0 Å². The van der Waals surface area contributed by atoms with Crippen molar-refractivity contribution in [1.82, 2.24) is 0 Å². The molecule has 1 atom stereocenters. The van der Waals surface area contributed by atoms with Crippen molar-refractivity contribution in [2.75, 3.05) is 6.79 Å². The van der Waals surface area contributed by atoms with Crippen LogP contribution in [0.4, 0.5) is 13.2 Å². The second-order valence-electron chi connectivity index (χ2n) is 5.17. The molecule has 24 heavy (non-hydrogen) atoms. The van der Waals surface area contributed by atoms with Gasteiger partial charge in [-0.1, -0.05) is 30.3 Å². The number of hydrogen-bond acceptors (Lipinski definition) is 5. The molecule has 2 aromatic carbocycles. The zero-order valence-electron chi connectivity index (χ0n) is 11.9. The monoisotopic (exact) mass is 338 g/mol. The molecule has 0 bridgehead atoms. The number of carbonyl (C=O) groups is 1. The van der Waals surface area contributed by atoms with E-state index in [2.05, 4.69) is 0 Å². The first-order valence-corrected chi connectivity index (χ1v) is 6.89. The highest BCUT2D eigenvalue weighted by Gasteiger charge is 2.65. The van der Waals surface area contributed by atoms with Gasteiger partial charge >= 0.3 is 17.9 Å². The van der Waals surface area contributed by atoms with Crippen molar-refractivity contribution in [1.29, 1.82) is 0 Å². The van der Waals surface area contributed by atoms with Crippen molar-refractivity contribution in [3.05, 3.63) is 53.6 Å². The lowest BCUT2D eigenvalue weighted by molar-refractivity contribution is -0.345. The summed E-state index contributed by atoms with van der Waals surface area (Å²) < 4.78 is 61.4. The molecule has 0 fully saturated rings. The average Bonchev–Trinajstić information content (AvgIpc) is 3.00. The molecule has 0 amide bonds. The van der Waals surface area contributed by atoms with Gasteiger partial charge in [0.1, 0.15) is 11.3 Å². The second kappa shape index (κ2) is 4.80. The van der Waals surface area contributed by atoms with Crippen LogP contribution in [-0.2, 0) is 10.5 Å². The molecule has 0 aromatic heterocycles. The van der Waals surface area contributed by atoms with E-state index in [-0.39, 0.29) is 35.2 Å². The molecule has 124 valence electrons. The van der Waals surface area contributed by atoms with Gasteiger partial charge in [0.05, 0.1) is 0 Å². The zero-order chi connectivity index (χ0) is 16.9. The lowest BCUT2D eigenvalue weighted by Gasteiger charge is -2.38. The molecule has 0 N–H and O–H groups in total. The van der Waals surface area contributed by atoms with Gasteiger partial charge in [0.2, 0.25) is 6.79 Å². The first-order chi connectivity index (χ1) is 11.4. The van der Waals surface area contributed by atoms with Crippen molar-refractivity contribution in [3.63, 3.8) is 0 Å². The van der Waals surface area contributed by atoms with Crippen molar-refractivity contribution >= 4 is 5.97 Å². The van der Waals surface area contributed by atoms with E-state index in [1.54, 1.807) is 6.07 Å². The molecule has 8 heteroatoms. The summed E-state index contributed by atoms with van der Waals surface area (Å²) in [5, 5.41) is 0. The van der Waals surface area contributed by atoms with Gasteiger partial charge in [0.15, 0.2) is 11.5 Å². The molecule has 5 nitrogen and oxygen atoms in total. The van der Waals surface area contributed by atoms with Crippen LogP contribution >= 0.6 is 0 Å². The molecule has 2 heterocycles. The fourth-order valence-corrected chi connectivity index (χ4v) is 2.58. The molecular formula is C16H9F3O5. The molecule has 2 aliphatic heterocycles. The molecule has 0 aliphatic carbocycles. The standard InChI is InChI=1S/C16H9F3O5/c17-16(18,19)15(9-4-2-1-3-5-9)23-11-7-13-12(21-8-22-13)6-10(11)14(20)24-15/h1-7H,8H2/t15-/m0/s1. The Labute approximate surface area is 133 Å². The minimum atomic E-state index is -4.99. The van der Waals surface area contributed by atoms with Crippen LogP contribution in [0.5, 0.6) is 17.2 Å². The molecule has 0 radical (unpaired) electrons. The van der Waals surface area contributed by atoms with Crippen molar-refractivity contribution in [2.24, 2.45) is 0 Å². The van der Waals surface area contributed by atoms with Gasteiger partial charge in [0.25, 0.3) is 0 Å². The maximum absolute atomic E-state index is 13.8. The summed E-state index contributed by atoms with van der Waals surface area (Å²) in [6.45, 7) is -0.0869. The normalized spacial score (nSPS) is 21.7. The van der Waals surface area contributed by atoms with Gasteiger partial charge < -0.3 is 18.9 Å². The quantitative estimate of drug-likeness (QED) is 0.746. The van der Waals surface area contributed by atoms with Crippen LogP contribution in [0.2, 0.25) is 0 Å². The first kappa shape index (κ1) is 14.7. The number of fused-ring (bicyclic) bond motifs is 2. The van der Waals surface area contributed by atoms with Crippen molar-refractivity contribution in [3.8, 4) is 17.2 Å². The lowest BCUT2D eigenvalue weighted by atomic mass is 10.0. The Morgan fingerprint density at radius 1 is 0.917 bits per heavy atom. The lowest BCUT2D eigenvalue weighted by Crippen LogP contribution is -2.53. The Morgan fingerprint density at radius 3 is 2.25 bits per heavy atom. The molecular weight excluding hydrogens is 329 g/mol. The van der Waals surface area contributed by atoms with E-state index in [4.69, 9.17) is 18.9 Å². The van der Waals surface area contributed by atoms with E-state index in [0.29, 0.717) is 0 Å². The van der Waals surface area contributed by atoms with E-state index < -0.39 is 17.9 Å². The van der Waals surface area contributed by atoms with E-state index in [0.717, 1.165) is 0 Å². The summed E-state index contributed by atoms with van der Waals surface area (Å²) >= 11 is 0.